The fourth-order valence-electron chi connectivity index (χ4n) is 4.14. The molecular formula is C29H38N4O5. The molecule has 9 heteroatoms. The van der Waals surface area contributed by atoms with Gasteiger partial charge in [0.25, 0.3) is 0 Å². The molecule has 0 saturated carbocycles. The number of aromatic hydroxyl groups is 1. The van der Waals surface area contributed by atoms with Crippen LogP contribution in [0.2, 0.25) is 0 Å². The van der Waals surface area contributed by atoms with Gasteiger partial charge in [0.1, 0.15) is 30.0 Å². The molecule has 0 radical (unpaired) electrons. The lowest BCUT2D eigenvalue weighted by atomic mass is 9.93. The third-order valence-corrected chi connectivity index (χ3v) is 5.70. The van der Waals surface area contributed by atoms with Crippen molar-refractivity contribution < 1.29 is 24.2 Å². The zero-order valence-corrected chi connectivity index (χ0v) is 23.2. The average molecular weight is 523 g/mol. The number of carbonyl (C=O) groups is 3. The molecule has 0 aliphatic heterocycles. The fraction of sp³-hybridized carbons (Fsp3) is 0.448. The molecule has 2 aromatic rings. The highest BCUT2D eigenvalue weighted by atomic mass is 16.6. The second kappa shape index (κ2) is 13.0. The van der Waals surface area contributed by atoms with Crippen molar-refractivity contribution in [2.75, 3.05) is 6.54 Å². The summed E-state index contributed by atoms with van der Waals surface area (Å²) < 4.78 is 5.39. The van der Waals surface area contributed by atoms with E-state index in [1.54, 1.807) is 32.9 Å². The first-order valence-corrected chi connectivity index (χ1v) is 12.5. The molecule has 2 aromatic carbocycles. The molecule has 0 bridgehead atoms. The topological polar surface area (TPSA) is 132 Å². The van der Waals surface area contributed by atoms with E-state index in [4.69, 9.17) is 4.74 Å². The zero-order valence-electron chi connectivity index (χ0n) is 23.2. The highest BCUT2D eigenvalue weighted by Gasteiger charge is 2.37. The van der Waals surface area contributed by atoms with E-state index in [9.17, 15) is 24.8 Å². The van der Waals surface area contributed by atoms with Crippen LogP contribution in [0.15, 0.2) is 42.5 Å². The van der Waals surface area contributed by atoms with Crippen molar-refractivity contribution in [3.8, 4) is 11.8 Å². The van der Waals surface area contributed by atoms with Crippen LogP contribution in [-0.2, 0) is 20.7 Å². The predicted molar refractivity (Wildman–Crippen MR) is 144 cm³/mol. The van der Waals surface area contributed by atoms with Gasteiger partial charge < -0.3 is 25.4 Å². The molecule has 0 saturated heterocycles. The molecule has 0 aliphatic rings. The van der Waals surface area contributed by atoms with E-state index in [1.165, 1.54) is 17.0 Å². The van der Waals surface area contributed by atoms with Crippen molar-refractivity contribution in [3.05, 3.63) is 64.7 Å². The van der Waals surface area contributed by atoms with Gasteiger partial charge in [0.15, 0.2) is 0 Å². The first-order chi connectivity index (χ1) is 17.7. The Kier molecular flexibility index (Phi) is 10.3. The highest BCUT2D eigenvalue weighted by molar-refractivity contribution is 5.93. The summed E-state index contributed by atoms with van der Waals surface area (Å²) in [6.45, 7) is 12.1. The molecule has 3 N–H and O–H groups in total. The summed E-state index contributed by atoms with van der Waals surface area (Å²) in [6, 6.07) is 11.3. The van der Waals surface area contributed by atoms with Crippen LogP contribution < -0.4 is 10.6 Å². The van der Waals surface area contributed by atoms with Crippen LogP contribution in [-0.4, -0.2) is 52.1 Å². The van der Waals surface area contributed by atoms with Crippen LogP contribution in [0, 0.1) is 25.2 Å². The molecule has 0 fully saturated rings. The molecular weight excluding hydrogens is 484 g/mol. The standard InChI is InChI=1S/C29H38N4O5/c1-18(2)31-26(35)25(24-19(3)9-8-10-20(24)4)33(16-15-30)27(36)23(32-28(37)38-29(5,6)7)17-21-11-13-22(34)14-12-21/h8-14,18,23,25,34H,16-17H2,1-7H3,(H,31,35)(H,32,37). The molecule has 0 aromatic heterocycles. The van der Waals surface area contributed by atoms with E-state index in [0.29, 0.717) is 11.1 Å². The summed E-state index contributed by atoms with van der Waals surface area (Å²) in [7, 11) is 0. The number of amides is 3. The van der Waals surface area contributed by atoms with Gasteiger partial charge in [-0.15, -0.1) is 0 Å². The number of aryl methyl sites for hydroxylation is 2. The second-order valence-electron chi connectivity index (χ2n) is 10.6. The van der Waals surface area contributed by atoms with Crippen molar-refractivity contribution in [1.29, 1.82) is 5.26 Å². The van der Waals surface area contributed by atoms with Gasteiger partial charge in [-0.25, -0.2) is 4.79 Å². The summed E-state index contributed by atoms with van der Waals surface area (Å²) >= 11 is 0. The van der Waals surface area contributed by atoms with E-state index in [2.05, 4.69) is 10.6 Å². The van der Waals surface area contributed by atoms with Gasteiger partial charge >= 0.3 is 6.09 Å². The van der Waals surface area contributed by atoms with E-state index < -0.39 is 35.6 Å². The molecule has 38 heavy (non-hydrogen) atoms. The van der Waals surface area contributed by atoms with Crippen molar-refractivity contribution in [2.45, 2.75) is 78.6 Å². The Bertz CT molecular complexity index is 1160. The first-order valence-electron chi connectivity index (χ1n) is 12.5. The van der Waals surface area contributed by atoms with Crippen molar-refractivity contribution >= 4 is 17.9 Å². The number of ether oxygens (including phenoxy) is 1. The van der Waals surface area contributed by atoms with E-state index in [-0.39, 0.29) is 24.8 Å². The van der Waals surface area contributed by atoms with Crippen LogP contribution in [0.5, 0.6) is 5.75 Å². The van der Waals surface area contributed by atoms with Crippen LogP contribution >= 0.6 is 0 Å². The third-order valence-electron chi connectivity index (χ3n) is 5.70. The Morgan fingerprint density at radius 3 is 2.11 bits per heavy atom. The lowest BCUT2D eigenvalue weighted by Gasteiger charge is -2.34. The normalized spacial score (nSPS) is 12.7. The number of nitrogens with one attached hydrogen (secondary N) is 2. The van der Waals surface area contributed by atoms with E-state index in [0.717, 1.165) is 11.1 Å². The number of rotatable bonds is 9. The van der Waals surface area contributed by atoms with Gasteiger partial charge in [-0.1, -0.05) is 30.3 Å². The SMILES string of the molecule is Cc1cccc(C)c1C(C(=O)NC(C)C)N(CC#N)C(=O)C(Cc1ccc(O)cc1)NC(=O)OC(C)(C)C. The maximum absolute atomic E-state index is 14.1. The quantitative estimate of drug-likeness (QED) is 0.426. The number of nitriles is 1. The van der Waals surface area contributed by atoms with Gasteiger partial charge in [0.2, 0.25) is 11.8 Å². The fourth-order valence-corrected chi connectivity index (χ4v) is 4.14. The Morgan fingerprint density at radius 2 is 1.61 bits per heavy atom. The minimum absolute atomic E-state index is 0.0472. The van der Waals surface area contributed by atoms with Crippen LogP contribution in [0.25, 0.3) is 0 Å². The first kappa shape index (κ1) is 30.2. The molecule has 204 valence electrons. The molecule has 0 spiro atoms. The van der Waals surface area contributed by atoms with Gasteiger partial charge in [-0.2, -0.15) is 5.26 Å². The highest BCUT2D eigenvalue weighted by Crippen LogP contribution is 2.29. The largest absolute Gasteiger partial charge is 0.508 e. The third kappa shape index (κ3) is 8.51. The Labute approximate surface area is 224 Å². The molecule has 2 atom stereocenters. The minimum Gasteiger partial charge on any atom is -0.508 e. The molecule has 0 heterocycles. The number of benzene rings is 2. The number of phenolic OH excluding ortho intramolecular Hbond substituents is 1. The van der Waals surface area contributed by atoms with Crippen molar-refractivity contribution in [1.82, 2.24) is 15.5 Å². The van der Waals surface area contributed by atoms with E-state index in [1.807, 2.05) is 52.0 Å². The Morgan fingerprint density at radius 1 is 1.03 bits per heavy atom. The van der Waals surface area contributed by atoms with Crippen LogP contribution in [0.3, 0.4) is 0 Å². The number of hydrogen-bond acceptors (Lipinski definition) is 6. The summed E-state index contributed by atoms with van der Waals surface area (Å²) in [4.78, 5) is 41.6. The molecule has 0 aliphatic carbocycles. The Hall–Kier alpha value is -4.06. The number of alkyl carbamates (subject to hydrolysis) is 1. The molecule has 2 rings (SSSR count). The van der Waals surface area contributed by atoms with Crippen molar-refractivity contribution in [2.24, 2.45) is 0 Å². The summed E-state index contributed by atoms with van der Waals surface area (Å²) in [5.74, 6) is -0.984. The number of nitrogens with zero attached hydrogens (tertiary/aromatic N) is 2. The maximum atomic E-state index is 14.1. The number of phenols is 1. The summed E-state index contributed by atoms with van der Waals surface area (Å²) in [5.41, 5.74) is 2.06. The lowest BCUT2D eigenvalue weighted by Crippen LogP contribution is -2.54. The van der Waals surface area contributed by atoms with Gasteiger partial charge in [-0.3, -0.25) is 9.59 Å². The van der Waals surface area contributed by atoms with Gasteiger partial charge in [-0.05, 0) is 82.9 Å². The zero-order chi connectivity index (χ0) is 28.6. The molecule has 2 unspecified atom stereocenters. The predicted octanol–water partition coefficient (Wildman–Crippen LogP) is 4.06. The molecule has 9 nitrogen and oxygen atoms in total. The van der Waals surface area contributed by atoms with Crippen LogP contribution in [0.4, 0.5) is 4.79 Å². The van der Waals surface area contributed by atoms with Crippen LogP contribution in [0.1, 0.15) is 62.9 Å². The average Bonchev–Trinajstić information content (AvgIpc) is 2.79. The van der Waals surface area contributed by atoms with Gasteiger partial charge in [0, 0.05) is 12.5 Å². The Balaban J connectivity index is 2.59. The smallest absolute Gasteiger partial charge is 0.408 e. The summed E-state index contributed by atoms with van der Waals surface area (Å²) in [6.07, 6.45) is -0.757. The van der Waals surface area contributed by atoms with E-state index >= 15 is 0 Å². The number of carbonyl (C=O) groups excluding carboxylic acids is 3. The second-order valence-corrected chi connectivity index (χ2v) is 10.6. The maximum Gasteiger partial charge on any atom is 0.408 e. The molecule has 3 amide bonds. The lowest BCUT2D eigenvalue weighted by molar-refractivity contribution is -0.142. The monoisotopic (exact) mass is 522 g/mol. The van der Waals surface area contributed by atoms with Crippen molar-refractivity contribution in [3.63, 3.8) is 0 Å². The summed E-state index contributed by atoms with van der Waals surface area (Å²) in [5, 5.41) is 24.9. The minimum atomic E-state index is -1.15. The number of hydrogen-bond donors (Lipinski definition) is 3. The van der Waals surface area contributed by atoms with Gasteiger partial charge in [0.05, 0.1) is 6.07 Å².